The Labute approximate surface area is 108 Å². The van der Waals surface area contributed by atoms with Crippen molar-refractivity contribution in [2.24, 2.45) is 10.9 Å². The zero-order chi connectivity index (χ0) is 13.7. The van der Waals surface area contributed by atoms with Gasteiger partial charge in [-0.3, -0.25) is 0 Å². The molecule has 1 heterocycles. The van der Waals surface area contributed by atoms with Gasteiger partial charge >= 0.3 is 0 Å². The van der Waals surface area contributed by atoms with E-state index in [-0.39, 0.29) is 23.8 Å². The van der Waals surface area contributed by atoms with Crippen LogP contribution in [-0.4, -0.2) is 21.0 Å². The second-order valence-corrected chi connectivity index (χ2v) is 3.58. The van der Waals surface area contributed by atoms with Gasteiger partial charge in [-0.2, -0.15) is 0 Å². The molecule has 6 nitrogen and oxygen atoms in total. The summed E-state index contributed by atoms with van der Waals surface area (Å²) >= 11 is 0. The first-order valence-electron chi connectivity index (χ1n) is 5.37. The van der Waals surface area contributed by atoms with Crippen LogP contribution in [0.15, 0.2) is 41.8 Å². The highest BCUT2D eigenvalue weighted by atomic mass is 19.1. The number of halogens is 1. The number of hydrogen-bond acceptors (Lipinski definition) is 5. The van der Waals surface area contributed by atoms with E-state index in [9.17, 15) is 4.39 Å². The van der Waals surface area contributed by atoms with Crippen molar-refractivity contribution in [3.8, 4) is 5.75 Å². The van der Waals surface area contributed by atoms with Crippen LogP contribution in [0.1, 0.15) is 11.4 Å². The molecule has 98 valence electrons. The van der Waals surface area contributed by atoms with E-state index >= 15 is 0 Å². The first-order valence-corrected chi connectivity index (χ1v) is 5.37. The lowest BCUT2D eigenvalue weighted by molar-refractivity contribution is 0.281. The minimum absolute atomic E-state index is 0.0435. The molecule has 0 saturated carbocycles. The summed E-state index contributed by atoms with van der Waals surface area (Å²) in [7, 11) is 0. The lowest BCUT2D eigenvalue weighted by atomic mass is 10.2. The molecule has 0 saturated heterocycles. The Kier molecular flexibility index (Phi) is 3.87. The van der Waals surface area contributed by atoms with E-state index in [4.69, 9.17) is 15.7 Å². The smallest absolute Gasteiger partial charge is 0.170 e. The molecule has 0 aliphatic heterocycles. The fourth-order valence-electron chi connectivity index (χ4n) is 1.38. The number of oxime groups is 1. The van der Waals surface area contributed by atoms with Crippen molar-refractivity contribution >= 4 is 5.84 Å². The summed E-state index contributed by atoms with van der Waals surface area (Å²) in [5, 5.41) is 11.3. The molecule has 2 aromatic rings. The van der Waals surface area contributed by atoms with Crippen molar-refractivity contribution in [1.82, 2.24) is 9.97 Å². The first-order chi connectivity index (χ1) is 9.20. The Morgan fingerprint density at radius 1 is 1.37 bits per heavy atom. The number of hydrogen-bond donors (Lipinski definition) is 2. The summed E-state index contributed by atoms with van der Waals surface area (Å²) in [6.07, 6.45) is 3.15. The average Bonchev–Trinajstić information content (AvgIpc) is 2.46. The van der Waals surface area contributed by atoms with Crippen LogP contribution in [0, 0.1) is 5.82 Å². The molecular formula is C12H11FN4O2. The van der Waals surface area contributed by atoms with Gasteiger partial charge in [-0.15, -0.1) is 0 Å². The van der Waals surface area contributed by atoms with Crippen molar-refractivity contribution in [2.75, 3.05) is 0 Å². The summed E-state index contributed by atoms with van der Waals surface area (Å²) in [6, 6.07) is 5.68. The highest BCUT2D eigenvalue weighted by Gasteiger charge is 2.08. The Morgan fingerprint density at radius 2 is 2.11 bits per heavy atom. The second kappa shape index (κ2) is 5.76. The molecule has 0 bridgehead atoms. The third-order valence-corrected chi connectivity index (χ3v) is 2.31. The minimum Gasteiger partial charge on any atom is -0.483 e. The number of nitrogens with zero attached hydrogens (tertiary/aromatic N) is 3. The summed E-state index contributed by atoms with van der Waals surface area (Å²) in [6.45, 7) is 0.0562. The van der Waals surface area contributed by atoms with E-state index in [2.05, 4.69) is 15.1 Å². The van der Waals surface area contributed by atoms with Crippen LogP contribution in [0.5, 0.6) is 5.75 Å². The highest BCUT2D eigenvalue weighted by Crippen LogP contribution is 2.19. The monoisotopic (exact) mass is 262 g/mol. The predicted octanol–water partition coefficient (Wildman–Crippen LogP) is 1.29. The molecule has 0 atom stereocenters. The average molecular weight is 262 g/mol. The maximum atomic E-state index is 13.7. The molecule has 0 aliphatic rings. The molecule has 19 heavy (non-hydrogen) atoms. The summed E-state index contributed by atoms with van der Waals surface area (Å²) < 4.78 is 18.9. The molecule has 0 amide bonds. The van der Waals surface area contributed by atoms with Gasteiger partial charge in [-0.1, -0.05) is 5.16 Å². The summed E-state index contributed by atoms with van der Waals surface area (Å²) in [4.78, 5) is 7.90. The number of nitrogens with two attached hydrogens (primary N) is 1. The van der Waals surface area contributed by atoms with Gasteiger partial charge in [0.15, 0.2) is 23.2 Å². The number of aromatic nitrogens is 2. The van der Waals surface area contributed by atoms with E-state index < -0.39 is 5.82 Å². The van der Waals surface area contributed by atoms with E-state index in [0.717, 1.165) is 6.07 Å². The van der Waals surface area contributed by atoms with Crippen LogP contribution >= 0.6 is 0 Å². The van der Waals surface area contributed by atoms with Gasteiger partial charge in [0.25, 0.3) is 0 Å². The zero-order valence-corrected chi connectivity index (χ0v) is 9.82. The molecule has 1 aromatic heterocycles. The fourth-order valence-corrected chi connectivity index (χ4v) is 1.38. The van der Waals surface area contributed by atoms with Crippen molar-refractivity contribution < 1.29 is 14.3 Å². The SMILES string of the molecule is N/C(=N/O)c1ccc(OCc2ncccn2)c(F)c1. The minimum atomic E-state index is -0.611. The van der Waals surface area contributed by atoms with Gasteiger partial charge < -0.3 is 15.7 Å². The van der Waals surface area contributed by atoms with Crippen LogP contribution in [0.4, 0.5) is 4.39 Å². The molecular weight excluding hydrogens is 251 g/mol. The molecule has 0 aliphatic carbocycles. The zero-order valence-electron chi connectivity index (χ0n) is 9.82. The normalized spacial score (nSPS) is 11.3. The number of benzene rings is 1. The maximum absolute atomic E-state index is 13.7. The van der Waals surface area contributed by atoms with Crippen molar-refractivity contribution in [3.63, 3.8) is 0 Å². The maximum Gasteiger partial charge on any atom is 0.170 e. The lowest BCUT2D eigenvalue weighted by Gasteiger charge is -2.07. The third-order valence-electron chi connectivity index (χ3n) is 2.31. The van der Waals surface area contributed by atoms with Gasteiger partial charge in [0, 0.05) is 18.0 Å². The first kappa shape index (κ1) is 12.7. The molecule has 0 fully saturated rings. The van der Waals surface area contributed by atoms with Crippen molar-refractivity contribution in [2.45, 2.75) is 6.61 Å². The van der Waals surface area contributed by atoms with E-state index in [0.29, 0.717) is 5.82 Å². The number of rotatable bonds is 4. The molecule has 0 unspecified atom stereocenters. The van der Waals surface area contributed by atoms with Crippen LogP contribution < -0.4 is 10.5 Å². The molecule has 0 spiro atoms. The van der Waals surface area contributed by atoms with Crippen LogP contribution in [0.25, 0.3) is 0 Å². The van der Waals surface area contributed by atoms with E-state index in [1.54, 1.807) is 18.5 Å². The third kappa shape index (κ3) is 3.15. The fraction of sp³-hybridized carbons (Fsp3) is 0.0833. The summed E-state index contributed by atoms with van der Waals surface area (Å²) in [5.41, 5.74) is 5.62. The molecule has 2 rings (SSSR count). The Bertz CT molecular complexity index is 590. The standard InChI is InChI=1S/C12H11FN4O2/c13-9-6-8(12(14)17-18)2-3-10(9)19-7-11-15-4-1-5-16-11/h1-6,18H,7H2,(H2,14,17). The Balaban J connectivity index is 2.10. The topological polar surface area (TPSA) is 93.6 Å². The van der Waals surface area contributed by atoms with Gasteiger partial charge in [-0.25, -0.2) is 14.4 Å². The number of amidine groups is 1. The highest BCUT2D eigenvalue weighted by molar-refractivity contribution is 5.97. The Hall–Kier alpha value is -2.70. The van der Waals surface area contributed by atoms with E-state index in [1.807, 2.05) is 0 Å². The predicted molar refractivity (Wildman–Crippen MR) is 65.3 cm³/mol. The van der Waals surface area contributed by atoms with Crippen LogP contribution in [-0.2, 0) is 6.61 Å². The van der Waals surface area contributed by atoms with Gasteiger partial charge in [-0.05, 0) is 24.3 Å². The largest absolute Gasteiger partial charge is 0.483 e. The van der Waals surface area contributed by atoms with Crippen molar-refractivity contribution in [1.29, 1.82) is 0 Å². The lowest BCUT2D eigenvalue weighted by Crippen LogP contribution is -2.13. The Morgan fingerprint density at radius 3 is 2.74 bits per heavy atom. The van der Waals surface area contributed by atoms with Crippen LogP contribution in [0.3, 0.4) is 0 Å². The second-order valence-electron chi connectivity index (χ2n) is 3.58. The molecule has 3 N–H and O–H groups in total. The van der Waals surface area contributed by atoms with Gasteiger partial charge in [0.05, 0.1) is 0 Å². The number of ether oxygens (including phenoxy) is 1. The summed E-state index contributed by atoms with van der Waals surface area (Å²) in [5.74, 6) is -0.291. The molecule has 1 aromatic carbocycles. The van der Waals surface area contributed by atoms with Crippen molar-refractivity contribution in [3.05, 3.63) is 53.9 Å². The van der Waals surface area contributed by atoms with E-state index in [1.165, 1.54) is 12.1 Å². The quantitative estimate of drug-likeness (QED) is 0.375. The van der Waals surface area contributed by atoms with Crippen LogP contribution in [0.2, 0.25) is 0 Å². The van der Waals surface area contributed by atoms with Gasteiger partial charge in [0.1, 0.15) is 6.61 Å². The molecule has 0 radical (unpaired) electrons. The van der Waals surface area contributed by atoms with Gasteiger partial charge in [0.2, 0.25) is 0 Å². The molecule has 7 heteroatoms.